The predicted octanol–water partition coefficient (Wildman–Crippen LogP) is 3.14. The molecule has 1 saturated carbocycles. The van der Waals surface area contributed by atoms with E-state index < -0.39 is 0 Å². The van der Waals surface area contributed by atoms with Crippen LogP contribution in [0.3, 0.4) is 0 Å². The molecule has 0 atom stereocenters. The van der Waals surface area contributed by atoms with E-state index in [2.05, 4.69) is 15.5 Å². The zero-order valence-corrected chi connectivity index (χ0v) is 18.2. The lowest BCUT2D eigenvalue weighted by Crippen LogP contribution is -2.33. The summed E-state index contributed by atoms with van der Waals surface area (Å²) < 4.78 is 18.3. The molecule has 1 fully saturated rings. The highest BCUT2D eigenvalue weighted by Crippen LogP contribution is 2.41. The first-order valence-electron chi connectivity index (χ1n) is 9.77. The third kappa shape index (κ3) is 4.77. The highest BCUT2D eigenvalue weighted by Gasteiger charge is 2.21. The van der Waals surface area contributed by atoms with Gasteiger partial charge in [0.2, 0.25) is 11.7 Å². The summed E-state index contributed by atoms with van der Waals surface area (Å²) in [5.41, 5.74) is 0.802. The number of methoxy groups -OCH3 is 3. The van der Waals surface area contributed by atoms with Gasteiger partial charge in [-0.1, -0.05) is 24.6 Å². The molecule has 1 amide bonds. The molecule has 1 aliphatic rings. The first kappa shape index (κ1) is 21.3. The summed E-state index contributed by atoms with van der Waals surface area (Å²) in [5.74, 6) is 2.69. The Labute approximate surface area is 175 Å². The van der Waals surface area contributed by atoms with Crippen LogP contribution in [-0.4, -0.2) is 53.8 Å². The number of ether oxygens (including phenoxy) is 3. The molecule has 3 rings (SSSR count). The third-order valence-corrected chi connectivity index (χ3v) is 5.98. The van der Waals surface area contributed by atoms with Gasteiger partial charge in [-0.15, -0.1) is 10.2 Å². The average Bonchev–Trinajstić information content (AvgIpc) is 3.40. The number of hydrogen-bond donors (Lipinski definition) is 1. The maximum atomic E-state index is 12.2. The molecule has 8 nitrogen and oxygen atoms in total. The van der Waals surface area contributed by atoms with Crippen molar-refractivity contribution in [3.8, 4) is 28.6 Å². The summed E-state index contributed by atoms with van der Waals surface area (Å²) in [6.07, 6.45) is 4.54. The summed E-state index contributed by atoms with van der Waals surface area (Å²) in [6, 6.07) is 4.01. The average molecular weight is 421 g/mol. The summed E-state index contributed by atoms with van der Waals surface area (Å²) in [5, 5.41) is 12.5. The van der Waals surface area contributed by atoms with Gasteiger partial charge >= 0.3 is 0 Å². The Morgan fingerprint density at radius 2 is 1.79 bits per heavy atom. The van der Waals surface area contributed by atoms with E-state index in [1.807, 2.05) is 23.6 Å². The topological polar surface area (TPSA) is 87.5 Å². The van der Waals surface area contributed by atoms with Gasteiger partial charge in [-0.05, 0) is 31.9 Å². The van der Waals surface area contributed by atoms with Gasteiger partial charge in [0, 0.05) is 18.2 Å². The summed E-state index contributed by atoms with van der Waals surface area (Å²) >= 11 is 1.40. The SMILES string of the molecule is CCn1c(SCC(=O)NC2CCCC2)nnc1-c1cc(OC)c(OC)c(OC)c1. The van der Waals surface area contributed by atoms with Crippen molar-refractivity contribution in [2.45, 2.75) is 50.4 Å². The van der Waals surface area contributed by atoms with Crippen molar-refractivity contribution in [2.75, 3.05) is 27.1 Å². The number of nitrogens with zero attached hydrogens (tertiary/aromatic N) is 3. The standard InChI is InChI=1S/C20H28N4O4S/c1-5-24-19(13-10-15(26-2)18(28-4)16(11-13)27-3)22-23-20(24)29-12-17(25)21-14-8-6-7-9-14/h10-11,14H,5-9,12H2,1-4H3,(H,21,25). The molecule has 29 heavy (non-hydrogen) atoms. The normalized spacial score (nSPS) is 14.1. The van der Waals surface area contributed by atoms with E-state index in [9.17, 15) is 4.79 Å². The fraction of sp³-hybridized carbons (Fsp3) is 0.550. The third-order valence-electron chi connectivity index (χ3n) is 5.01. The quantitative estimate of drug-likeness (QED) is 0.624. The number of thioether (sulfide) groups is 1. The monoisotopic (exact) mass is 420 g/mol. The molecule has 158 valence electrons. The Balaban J connectivity index is 1.79. The molecule has 0 unspecified atom stereocenters. The lowest BCUT2D eigenvalue weighted by molar-refractivity contribution is -0.119. The number of hydrogen-bond acceptors (Lipinski definition) is 7. The molecule has 2 aromatic rings. The highest BCUT2D eigenvalue weighted by molar-refractivity contribution is 7.99. The van der Waals surface area contributed by atoms with Crippen LogP contribution < -0.4 is 19.5 Å². The maximum Gasteiger partial charge on any atom is 0.230 e. The number of carbonyl (C=O) groups is 1. The predicted molar refractivity (Wildman–Crippen MR) is 112 cm³/mol. The molecule has 1 aromatic heterocycles. The van der Waals surface area contributed by atoms with Crippen LogP contribution in [0.4, 0.5) is 0 Å². The molecular weight excluding hydrogens is 392 g/mol. The Morgan fingerprint density at radius 1 is 1.14 bits per heavy atom. The van der Waals surface area contributed by atoms with Gasteiger partial charge in [0.25, 0.3) is 0 Å². The number of aromatic nitrogens is 3. The van der Waals surface area contributed by atoms with Crippen molar-refractivity contribution in [1.29, 1.82) is 0 Å². The van der Waals surface area contributed by atoms with Crippen LogP contribution in [0.1, 0.15) is 32.6 Å². The van der Waals surface area contributed by atoms with Crippen molar-refractivity contribution in [3.63, 3.8) is 0 Å². The molecule has 0 spiro atoms. The Hall–Kier alpha value is -2.42. The van der Waals surface area contributed by atoms with Crippen molar-refractivity contribution in [3.05, 3.63) is 12.1 Å². The van der Waals surface area contributed by atoms with Gasteiger partial charge < -0.3 is 24.1 Å². The van der Waals surface area contributed by atoms with Crippen LogP contribution in [0.15, 0.2) is 17.3 Å². The maximum absolute atomic E-state index is 12.2. The van der Waals surface area contributed by atoms with E-state index in [0.29, 0.717) is 46.6 Å². The molecule has 9 heteroatoms. The lowest BCUT2D eigenvalue weighted by atomic mass is 10.1. The van der Waals surface area contributed by atoms with E-state index >= 15 is 0 Å². The lowest BCUT2D eigenvalue weighted by Gasteiger charge is -2.14. The first-order valence-corrected chi connectivity index (χ1v) is 10.8. The highest BCUT2D eigenvalue weighted by atomic mass is 32.2. The number of amides is 1. The van der Waals surface area contributed by atoms with Crippen molar-refractivity contribution < 1.29 is 19.0 Å². The largest absolute Gasteiger partial charge is 0.493 e. The minimum atomic E-state index is 0.0434. The molecule has 1 N–H and O–H groups in total. The van der Waals surface area contributed by atoms with Gasteiger partial charge in [0.15, 0.2) is 22.5 Å². The van der Waals surface area contributed by atoms with E-state index in [1.165, 1.54) is 24.6 Å². The van der Waals surface area contributed by atoms with Crippen LogP contribution in [-0.2, 0) is 11.3 Å². The van der Waals surface area contributed by atoms with Crippen LogP contribution in [0, 0.1) is 0 Å². The second-order valence-electron chi connectivity index (χ2n) is 6.80. The van der Waals surface area contributed by atoms with E-state index in [0.717, 1.165) is 18.4 Å². The van der Waals surface area contributed by atoms with Crippen molar-refractivity contribution in [2.24, 2.45) is 0 Å². The van der Waals surface area contributed by atoms with Crippen LogP contribution in [0.2, 0.25) is 0 Å². The fourth-order valence-electron chi connectivity index (χ4n) is 3.57. The van der Waals surface area contributed by atoms with E-state index in [-0.39, 0.29) is 5.91 Å². The second kappa shape index (κ2) is 9.87. The first-order chi connectivity index (χ1) is 14.1. The molecule has 0 bridgehead atoms. The molecule has 0 aliphatic heterocycles. The number of rotatable bonds is 9. The van der Waals surface area contributed by atoms with Gasteiger partial charge in [-0.25, -0.2) is 0 Å². The summed E-state index contributed by atoms with van der Waals surface area (Å²) in [6.45, 7) is 2.69. The number of carbonyl (C=O) groups excluding carboxylic acids is 1. The smallest absolute Gasteiger partial charge is 0.230 e. The summed E-state index contributed by atoms with van der Waals surface area (Å²) in [4.78, 5) is 12.2. The summed E-state index contributed by atoms with van der Waals surface area (Å²) in [7, 11) is 4.73. The van der Waals surface area contributed by atoms with E-state index in [1.54, 1.807) is 21.3 Å². The number of benzene rings is 1. The molecule has 1 aliphatic carbocycles. The Kier molecular flexibility index (Phi) is 7.24. The minimum Gasteiger partial charge on any atom is -0.493 e. The van der Waals surface area contributed by atoms with Crippen molar-refractivity contribution >= 4 is 17.7 Å². The van der Waals surface area contributed by atoms with Gasteiger partial charge in [0.1, 0.15) is 0 Å². The molecule has 1 heterocycles. The molecular formula is C20H28N4O4S. The minimum absolute atomic E-state index is 0.0434. The zero-order chi connectivity index (χ0) is 20.8. The molecule has 0 saturated heterocycles. The van der Waals surface area contributed by atoms with Crippen LogP contribution in [0.5, 0.6) is 17.2 Å². The van der Waals surface area contributed by atoms with Gasteiger partial charge in [0.05, 0.1) is 27.1 Å². The second-order valence-corrected chi connectivity index (χ2v) is 7.74. The number of nitrogens with one attached hydrogen (secondary N) is 1. The Morgan fingerprint density at radius 3 is 2.34 bits per heavy atom. The van der Waals surface area contributed by atoms with Gasteiger partial charge in [-0.2, -0.15) is 0 Å². The van der Waals surface area contributed by atoms with Gasteiger partial charge in [-0.3, -0.25) is 4.79 Å². The van der Waals surface area contributed by atoms with Crippen LogP contribution >= 0.6 is 11.8 Å². The zero-order valence-electron chi connectivity index (χ0n) is 17.4. The van der Waals surface area contributed by atoms with Crippen LogP contribution in [0.25, 0.3) is 11.4 Å². The Bertz CT molecular complexity index is 824. The molecule has 1 aromatic carbocycles. The molecule has 0 radical (unpaired) electrons. The van der Waals surface area contributed by atoms with E-state index in [4.69, 9.17) is 14.2 Å². The van der Waals surface area contributed by atoms with Crippen molar-refractivity contribution in [1.82, 2.24) is 20.1 Å². The fourth-order valence-corrected chi connectivity index (χ4v) is 4.39.